The van der Waals surface area contributed by atoms with Crippen LogP contribution in [0.1, 0.15) is 144 Å². The number of phenolic OH excluding ortho intramolecular Hbond substituents is 2. The van der Waals surface area contributed by atoms with Gasteiger partial charge in [0.1, 0.15) is 17.4 Å². The van der Waals surface area contributed by atoms with Crippen LogP contribution in [0, 0.1) is 17.8 Å². The number of H-pyrrole nitrogens is 2. The van der Waals surface area contributed by atoms with Crippen molar-refractivity contribution < 1.29 is 34.8 Å². The summed E-state index contributed by atoms with van der Waals surface area (Å²) in [5.41, 5.74) is 11.3. The van der Waals surface area contributed by atoms with Gasteiger partial charge in [-0.2, -0.15) is 0 Å². The van der Waals surface area contributed by atoms with E-state index in [2.05, 4.69) is 76.0 Å². The van der Waals surface area contributed by atoms with E-state index < -0.39 is 23.4 Å². The van der Waals surface area contributed by atoms with Gasteiger partial charge >= 0.3 is 0 Å². The minimum atomic E-state index is -1.03. The van der Waals surface area contributed by atoms with E-state index in [1.54, 1.807) is 6.07 Å². The minimum absolute atomic E-state index is 0.00574. The maximum atomic E-state index is 15.7. The molecule has 384 valence electrons. The van der Waals surface area contributed by atoms with E-state index in [1.165, 1.54) is 0 Å². The lowest BCUT2D eigenvalue weighted by atomic mass is 9.67. The van der Waals surface area contributed by atoms with Crippen LogP contribution in [-0.2, 0) is 47.1 Å². The number of benzene rings is 4. The van der Waals surface area contributed by atoms with Crippen molar-refractivity contribution in [3.63, 3.8) is 0 Å². The molecule has 74 heavy (non-hydrogen) atoms. The summed E-state index contributed by atoms with van der Waals surface area (Å²) in [6.07, 6.45) is 21.6. The third-order valence-electron chi connectivity index (χ3n) is 17.5. The van der Waals surface area contributed by atoms with Crippen LogP contribution in [-0.4, -0.2) is 67.3 Å². The van der Waals surface area contributed by atoms with E-state index >= 15 is 4.79 Å². The summed E-state index contributed by atoms with van der Waals surface area (Å²) in [5.74, 6) is -0.649. The smallest absolute Gasteiger partial charge is 0.161 e. The largest absolute Gasteiger partial charge is 0.507 e. The lowest BCUT2D eigenvalue weighted by Crippen LogP contribution is -2.39. The number of aliphatic hydroxyl groups is 2. The number of ether oxygens (including phenoxy) is 1. The molecular formula is C64H71N3O7. The Hall–Kier alpha value is -6.62. The van der Waals surface area contributed by atoms with Crippen LogP contribution in [0.25, 0.3) is 12.2 Å². The first kappa shape index (κ1) is 49.6. The number of ketones is 2. The predicted molar refractivity (Wildman–Crippen MR) is 291 cm³/mol. The van der Waals surface area contributed by atoms with Gasteiger partial charge in [-0.3, -0.25) is 9.59 Å². The summed E-state index contributed by atoms with van der Waals surface area (Å²) in [7, 11) is 0. The second-order valence-corrected chi connectivity index (χ2v) is 22.1. The zero-order chi connectivity index (χ0) is 50.8. The van der Waals surface area contributed by atoms with Crippen molar-refractivity contribution in [1.82, 2.24) is 9.97 Å². The number of allylic oxidation sites excluding steroid dienone is 1. The standard InChI is InChI=1S/C64H71N3O7/c68-30-25-52-57(70)22-18-43-33-47(61(72)58(35-43)74-49-12-4-5-13-49)32-42-17-21-54(64(26-6-7-27-64)59(71)36-40-9-2-1-3-10-40)46(31-42)37-45-23-28-66-63(45)67-39-48-38-55-51(24-29-65-55)53(60(48)62(52)73)34-41-15-19-44-11-8-14-56(69)50(44)20-16-41/h1-3,8-11,14,16-17,20-21,23-24,28-29,31,33,35,38,41,49,52-53,59-60,65-69,71-72H,4-7,12-13,15,18-19,22,25-27,30,32,34,36-37,39H2. The molecule has 1 aliphatic heterocycles. The Labute approximate surface area is 435 Å². The van der Waals surface area contributed by atoms with Gasteiger partial charge < -0.3 is 40.4 Å². The van der Waals surface area contributed by atoms with Crippen molar-refractivity contribution >= 4 is 29.5 Å². The second kappa shape index (κ2) is 21.7. The lowest BCUT2D eigenvalue weighted by molar-refractivity contribution is -0.135. The highest BCUT2D eigenvalue weighted by Crippen LogP contribution is 2.49. The summed E-state index contributed by atoms with van der Waals surface area (Å²) in [6.45, 7) is 0.0270. The van der Waals surface area contributed by atoms with Crippen LogP contribution < -0.4 is 10.1 Å². The molecule has 2 aromatic heterocycles. The number of aliphatic hydroxyl groups excluding tert-OH is 2. The number of aromatic nitrogens is 2. The molecule has 10 heteroatoms. The van der Waals surface area contributed by atoms with Crippen LogP contribution in [0.5, 0.6) is 17.2 Å². The molecule has 2 saturated carbocycles. The molecule has 6 aromatic rings. The maximum Gasteiger partial charge on any atom is 0.161 e. The molecule has 7 N–H and O–H groups in total. The molecular weight excluding hydrogens is 923 g/mol. The normalized spacial score (nSPS) is 22.4. The Bertz CT molecular complexity index is 3040. The number of aromatic hydroxyl groups is 2. The van der Waals surface area contributed by atoms with Gasteiger partial charge in [-0.1, -0.05) is 91.7 Å². The highest BCUT2D eigenvalue weighted by Gasteiger charge is 2.45. The first-order chi connectivity index (χ1) is 36.1. The average molecular weight is 994 g/mol. The van der Waals surface area contributed by atoms with Gasteiger partial charge in [0, 0.05) is 78.9 Å². The number of aryl methyl sites for hydroxylation is 2. The zero-order valence-corrected chi connectivity index (χ0v) is 42.5. The van der Waals surface area contributed by atoms with E-state index in [9.17, 15) is 25.2 Å². The summed E-state index contributed by atoms with van der Waals surface area (Å²) in [4.78, 5) is 37.5. The van der Waals surface area contributed by atoms with Crippen LogP contribution in [0.15, 0.2) is 115 Å². The Kier molecular flexibility index (Phi) is 14.5. The lowest BCUT2D eigenvalue weighted by Gasteiger charge is -2.37. The number of aromatic amines is 2. The van der Waals surface area contributed by atoms with Crippen molar-refractivity contribution in [2.75, 3.05) is 18.5 Å². The van der Waals surface area contributed by atoms with Crippen molar-refractivity contribution in [1.29, 1.82) is 0 Å². The summed E-state index contributed by atoms with van der Waals surface area (Å²) in [5, 5.41) is 49.7. The summed E-state index contributed by atoms with van der Waals surface area (Å²) < 4.78 is 6.58. The monoisotopic (exact) mass is 994 g/mol. The van der Waals surface area contributed by atoms with Gasteiger partial charge in [0.05, 0.1) is 18.1 Å². The van der Waals surface area contributed by atoms with Gasteiger partial charge in [0.2, 0.25) is 0 Å². The van der Waals surface area contributed by atoms with Gasteiger partial charge in [-0.15, -0.1) is 0 Å². The first-order valence-electron chi connectivity index (χ1n) is 27.4. The topological polar surface area (TPSA) is 168 Å². The molecule has 0 spiro atoms. The van der Waals surface area contributed by atoms with Crippen molar-refractivity contribution in [2.45, 2.75) is 133 Å². The van der Waals surface area contributed by atoms with E-state index in [0.29, 0.717) is 50.0 Å². The third kappa shape index (κ3) is 10.2. The minimum Gasteiger partial charge on any atom is -0.507 e. The maximum absolute atomic E-state index is 15.7. The Morgan fingerprint density at radius 2 is 1.57 bits per heavy atom. The molecule has 5 aliphatic rings. The number of carbonyl (C=O) groups is 2. The molecule has 0 saturated heterocycles. The number of fused-ring (bicyclic) bond motifs is 8. The molecule has 4 bridgehead atoms. The van der Waals surface area contributed by atoms with Crippen LogP contribution >= 0.6 is 0 Å². The summed E-state index contributed by atoms with van der Waals surface area (Å²) in [6, 6.07) is 30.7. The van der Waals surface area contributed by atoms with Gasteiger partial charge in [0.15, 0.2) is 17.3 Å². The Balaban J connectivity index is 1.01. The molecule has 5 atom stereocenters. The fourth-order valence-electron chi connectivity index (χ4n) is 13.6. The molecule has 0 radical (unpaired) electrons. The third-order valence-corrected chi connectivity index (χ3v) is 17.5. The van der Waals surface area contributed by atoms with Crippen LogP contribution in [0.2, 0.25) is 0 Å². The number of anilines is 1. The molecule has 0 amide bonds. The van der Waals surface area contributed by atoms with E-state index in [1.807, 2.05) is 54.9 Å². The molecule has 4 aliphatic carbocycles. The van der Waals surface area contributed by atoms with Crippen LogP contribution in [0.3, 0.4) is 0 Å². The fraction of sp³-hybridized carbons (Fsp3) is 0.406. The van der Waals surface area contributed by atoms with E-state index in [0.717, 1.165) is 131 Å². The molecule has 5 unspecified atom stereocenters. The Morgan fingerprint density at radius 3 is 2.39 bits per heavy atom. The fourth-order valence-corrected chi connectivity index (χ4v) is 13.6. The molecule has 3 heterocycles. The molecule has 11 rings (SSSR count). The van der Waals surface area contributed by atoms with Crippen molar-refractivity contribution in [2.24, 2.45) is 17.8 Å². The van der Waals surface area contributed by atoms with E-state index in [4.69, 9.17) is 4.74 Å². The molecule has 2 fully saturated rings. The number of hydrogen-bond donors (Lipinski definition) is 7. The SMILES string of the molecule is O=C1CCc2cc(c(O)c(OC3CCCC3)c2)Cc2ccc(C3(C(O)Cc4ccccc4)CCCC3)c(c2)Cc2cc[nH]c2NCC2=Cc3[nH]ccc3C(CC3C=Cc4c(O)cccc4CC3)C2C(=O)C1CCO. The molecule has 4 aromatic carbocycles. The quantitative estimate of drug-likeness (QED) is 0.0666. The second-order valence-electron chi connectivity index (χ2n) is 22.1. The predicted octanol–water partition coefficient (Wildman–Crippen LogP) is 11.6. The number of Topliss-reactive ketones (excluding diaryl/α,β-unsaturated/α-hetero) is 2. The zero-order valence-electron chi connectivity index (χ0n) is 42.5. The van der Waals surface area contributed by atoms with Gasteiger partial charge in [0.25, 0.3) is 0 Å². The van der Waals surface area contributed by atoms with E-state index in [-0.39, 0.29) is 60.5 Å². The number of phenols is 2. The molecule has 10 nitrogen and oxygen atoms in total. The number of carbonyl (C=O) groups excluding carboxylic acids is 2. The van der Waals surface area contributed by atoms with Crippen molar-refractivity contribution in [3.05, 3.63) is 176 Å². The summed E-state index contributed by atoms with van der Waals surface area (Å²) >= 11 is 0. The van der Waals surface area contributed by atoms with Crippen LogP contribution in [0.4, 0.5) is 5.82 Å². The number of nitrogens with one attached hydrogen (secondary N) is 3. The van der Waals surface area contributed by atoms with Gasteiger partial charge in [-0.25, -0.2) is 0 Å². The highest BCUT2D eigenvalue weighted by molar-refractivity contribution is 6.05. The highest BCUT2D eigenvalue weighted by atomic mass is 16.5. The van der Waals surface area contributed by atoms with Gasteiger partial charge in [-0.05, 0) is 163 Å². The number of rotatable bonds is 10. The Morgan fingerprint density at radius 1 is 0.757 bits per heavy atom. The number of hydrogen-bond acceptors (Lipinski definition) is 8. The average Bonchev–Trinajstić information content (AvgIpc) is 4.26. The van der Waals surface area contributed by atoms with Crippen molar-refractivity contribution in [3.8, 4) is 17.2 Å². The first-order valence-corrected chi connectivity index (χ1v) is 27.4.